The van der Waals surface area contributed by atoms with Crippen LogP contribution >= 0.6 is 0 Å². The highest BCUT2D eigenvalue weighted by molar-refractivity contribution is 5.05. The van der Waals surface area contributed by atoms with Gasteiger partial charge in [-0.05, 0) is 6.92 Å². The quantitative estimate of drug-likeness (QED) is 0.378. The van der Waals surface area contributed by atoms with Crippen molar-refractivity contribution in [1.29, 1.82) is 0 Å². The molecular formula is C15H32. The zero-order valence-electron chi connectivity index (χ0n) is 12.0. The van der Waals surface area contributed by atoms with Crippen molar-refractivity contribution in [3.05, 3.63) is 50.1 Å². The van der Waals surface area contributed by atoms with E-state index in [1.54, 1.807) is 18.2 Å². The summed E-state index contributed by atoms with van der Waals surface area (Å²) in [7, 11) is 0. The van der Waals surface area contributed by atoms with E-state index in [-0.39, 0.29) is 0 Å². The molecule has 0 aliphatic rings. The third-order valence-corrected chi connectivity index (χ3v) is 0.383. The fourth-order valence-electron chi connectivity index (χ4n) is 0.157. The Kier molecular flexibility index (Phi) is 230. The Bertz CT molecular complexity index is 86.6. The second-order valence-corrected chi connectivity index (χ2v) is 1.26. The van der Waals surface area contributed by atoms with Gasteiger partial charge in [-0.2, -0.15) is 0 Å². The zero-order valence-corrected chi connectivity index (χ0v) is 12.0. The van der Waals surface area contributed by atoms with E-state index in [4.69, 9.17) is 0 Å². The van der Waals surface area contributed by atoms with Gasteiger partial charge in [0, 0.05) is 0 Å². The standard InChI is InChI=1S/C6H8.C3H6.3C2H6/c1-3-5-6-4-2;1-3-2;3*1-2/h3-6H,1-2H2;3H,1H2,2H3;3*1-2H3/b6-5-;;;;. The van der Waals surface area contributed by atoms with E-state index in [2.05, 4.69) is 19.7 Å². The highest BCUT2D eigenvalue weighted by Gasteiger charge is 1.47. The molecule has 0 fully saturated rings. The van der Waals surface area contributed by atoms with E-state index in [0.29, 0.717) is 0 Å². The van der Waals surface area contributed by atoms with Gasteiger partial charge in [0.15, 0.2) is 0 Å². The van der Waals surface area contributed by atoms with Crippen LogP contribution < -0.4 is 0 Å². The number of hydrogen-bond acceptors (Lipinski definition) is 0. The summed E-state index contributed by atoms with van der Waals surface area (Å²) in [5.41, 5.74) is 0. The Labute approximate surface area is 99.1 Å². The van der Waals surface area contributed by atoms with E-state index in [1.807, 2.05) is 60.6 Å². The molecule has 0 aromatic heterocycles. The van der Waals surface area contributed by atoms with Gasteiger partial charge in [0.25, 0.3) is 0 Å². The molecule has 0 aromatic carbocycles. The highest BCUT2D eigenvalue weighted by atomic mass is 13.5. The van der Waals surface area contributed by atoms with Crippen LogP contribution in [-0.4, -0.2) is 0 Å². The lowest BCUT2D eigenvalue weighted by atomic mass is 10.5. The lowest BCUT2D eigenvalue weighted by Gasteiger charge is -1.60. The molecule has 0 unspecified atom stereocenters. The SMILES string of the molecule is C=C/C=C\C=C.C=CC.CC.CC.CC. The molecule has 0 saturated heterocycles. The van der Waals surface area contributed by atoms with Crippen LogP contribution in [0, 0.1) is 0 Å². The van der Waals surface area contributed by atoms with Crippen molar-refractivity contribution in [2.45, 2.75) is 48.5 Å². The average Bonchev–Trinajstić information content (AvgIpc) is 2.35. The first-order valence-electron chi connectivity index (χ1n) is 5.80. The molecule has 0 rings (SSSR count). The molecule has 0 nitrogen and oxygen atoms in total. The van der Waals surface area contributed by atoms with Crippen LogP contribution in [0.2, 0.25) is 0 Å². The summed E-state index contributed by atoms with van der Waals surface area (Å²) in [4.78, 5) is 0. The van der Waals surface area contributed by atoms with Gasteiger partial charge in [-0.15, -0.1) is 6.58 Å². The van der Waals surface area contributed by atoms with Gasteiger partial charge in [0.1, 0.15) is 0 Å². The molecular weight excluding hydrogens is 180 g/mol. The molecule has 0 spiro atoms. The monoisotopic (exact) mass is 212 g/mol. The van der Waals surface area contributed by atoms with Crippen molar-refractivity contribution in [2.24, 2.45) is 0 Å². The van der Waals surface area contributed by atoms with E-state index in [1.165, 1.54) is 0 Å². The molecule has 0 heteroatoms. The molecule has 0 saturated carbocycles. The van der Waals surface area contributed by atoms with Gasteiger partial charge >= 0.3 is 0 Å². The fourth-order valence-corrected chi connectivity index (χ4v) is 0.157. The topological polar surface area (TPSA) is 0 Å². The maximum Gasteiger partial charge on any atom is -0.0473 e. The summed E-state index contributed by atoms with van der Waals surface area (Å²) in [6, 6.07) is 0. The maximum atomic E-state index is 3.46. The maximum absolute atomic E-state index is 3.46. The van der Waals surface area contributed by atoms with Crippen LogP contribution in [0.4, 0.5) is 0 Å². The van der Waals surface area contributed by atoms with Crippen molar-refractivity contribution >= 4 is 0 Å². The minimum absolute atomic E-state index is 1.71. The summed E-state index contributed by atoms with van der Waals surface area (Å²) in [5.74, 6) is 0. The predicted molar refractivity (Wildman–Crippen MR) is 79.4 cm³/mol. The van der Waals surface area contributed by atoms with Crippen LogP contribution in [0.5, 0.6) is 0 Å². The van der Waals surface area contributed by atoms with Gasteiger partial charge < -0.3 is 0 Å². The Morgan fingerprint density at radius 3 is 0.800 bits per heavy atom. The molecule has 0 amide bonds. The Morgan fingerprint density at radius 2 is 0.733 bits per heavy atom. The summed E-state index contributed by atoms with van der Waals surface area (Å²) in [6.45, 7) is 24.2. The second kappa shape index (κ2) is 118. The van der Waals surface area contributed by atoms with E-state index >= 15 is 0 Å². The summed E-state index contributed by atoms with van der Waals surface area (Å²) in [5, 5.41) is 0. The number of rotatable bonds is 2. The van der Waals surface area contributed by atoms with Crippen LogP contribution in [-0.2, 0) is 0 Å². The Balaban J connectivity index is -0.0000000318. The van der Waals surface area contributed by atoms with Crippen molar-refractivity contribution in [2.75, 3.05) is 0 Å². The third-order valence-electron chi connectivity index (χ3n) is 0.383. The van der Waals surface area contributed by atoms with Crippen LogP contribution in [0.15, 0.2) is 50.1 Å². The molecule has 0 aromatic rings. The minimum atomic E-state index is 1.71. The molecule has 0 aliphatic carbocycles. The first kappa shape index (κ1) is 29.2. The zero-order chi connectivity index (χ0) is 13.5. The van der Waals surface area contributed by atoms with Crippen molar-refractivity contribution < 1.29 is 0 Å². The van der Waals surface area contributed by atoms with Gasteiger partial charge in [0.05, 0.1) is 0 Å². The Hall–Kier alpha value is -1.04. The number of hydrogen-bond donors (Lipinski definition) is 0. The normalized spacial score (nSPS) is 5.53. The molecule has 0 N–H and O–H groups in total. The Morgan fingerprint density at radius 1 is 0.600 bits per heavy atom. The summed E-state index contributed by atoms with van der Waals surface area (Å²) >= 11 is 0. The smallest absolute Gasteiger partial charge is 0.0473 e. The summed E-state index contributed by atoms with van der Waals surface area (Å²) < 4.78 is 0. The molecule has 0 atom stereocenters. The lowest BCUT2D eigenvalue weighted by molar-refractivity contribution is 1.50. The third kappa shape index (κ3) is 405. The molecule has 0 bridgehead atoms. The fraction of sp³-hybridized carbons (Fsp3) is 0.467. The molecule has 0 radical (unpaired) electrons. The molecule has 15 heavy (non-hydrogen) atoms. The van der Waals surface area contributed by atoms with Crippen molar-refractivity contribution in [3.8, 4) is 0 Å². The molecule has 92 valence electrons. The number of allylic oxidation sites excluding steroid dienone is 5. The molecule has 0 aliphatic heterocycles. The first-order chi connectivity index (χ1) is 7.33. The highest BCUT2D eigenvalue weighted by Crippen LogP contribution is 1.69. The summed E-state index contributed by atoms with van der Waals surface area (Å²) in [6.07, 6.45) is 8.82. The van der Waals surface area contributed by atoms with E-state index in [9.17, 15) is 0 Å². The van der Waals surface area contributed by atoms with Gasteiger partial charge in [-0.1, -0.05) is 85.1 Å². The van der Waals surface area contributed by atoms with Crippen molar-refractivity contribution in [3.63, 3.8) is 0 Å². The first-order valence-corrected chi connectivity index (χ1v) is 5.80. The minimum Gasteiger partial charge on any atom is -0.103 e. The van der Waals surface area contributed by atoms with E-state index in [0.717, 1.165) is 0 Å². The van der Waals surface area contributed by atoms with Crippen LogP contribution in [0.25, 0.3) is 0 Å². The van der Waals surface area contributed by atoms with Crippen LogP contribution in [0.1, 0.15) is 48.5 Å². The second-order valence-electron chi connectivity index (χ2n) is 1.26. The average molecular weight is 212 g/mol. The predicted octanol–water partition coefficient (Wildman–Crippen LogP) is 6.19. The van der Waals surface area contributed by atoms with Gasteiger partial charge in [0.2, 0.25) is 0 Å². The molecule has 0 heterocycles. The van der Waals surface area contributed by atoms with Crippen molar-refractivity contribution in [1.82, 2.24) is 0 Å². The van der Waals surface area contributed by atoms with Gasteiger partial charge in [-0.25, -0.2) is 0 Å². The van der Waals surface area contributed by atoms with Crippen LogP contribution in [0.3, 0.4) is 0 Å². The van der Waals surface area contributed by atoms with E-state index < -0.39 is 0 Å². The lowest BCUT2D eigenvalue weighted by Crippen LogP contribution is -1.38. The van der Waals surface area contributed by atoms with Gasteiger partial charge in [-0.3, -0.25) is 0 Å². The largest absolute Gasteiger partial charge is 0.103 e.